The third-order valence-corrected chi connectivity index (χ3v) is 4.58. The number of nitrogens with zero attached hydrogens (tertiary/aromatic N) is 3. The van der Waals surface area contributed by atoms with Crippen LogP contribution in [0.25, 0.3) is 0 Å². The summed E-state index contributed by atoms with van der Waals surface area (Å²) in [5.41, 5.74) is 1.32. The van der Waals surface area contributed by atoms with E-state index < -0.39 is 0 Å². The van der Waals surface area contributed by atoms with Crippen LogP contribution < -0.4 is 0 Å². The van der Waals surface area contributed by atoms with Crippen LogP contribution in [0.1, 0.15) is 30.7 Å². The van der Waals surface area contributed by atoms with Crippen LogP contribution in [0.5, 0.6) is 0 Å². The van der Waals surface area contributed by atoms with Gasteiger partial charge in [-0.2, -0.15) is 5.10 Å². The molecule has 1 aromatic heterocycles. The van der Waals surface area contributed by atoms with Crippen molar-refractivity contribution in [2.45, 2.75) is 25.2 Å². The number of rotatable bonds is 4. The van der Waals surface area contributed by atoms with Gasteiger partial charge in [-0.3, -0.25) is 9.89 Å². The zero-order chi connectivity index (χ0) is 14.5. The van der Waals surface area contributed by atoms with E-state index in [0.29, 0.717) is 25.6 Å². The molecule has 0 saturated carbocycles. The van der Waals surface area contributed by atoms with E-state index in [0.717, 1.165) is 45.6 Å². The van der Waals surface area contributed by atoms with E-state index in [9.17, 15) is 4.79 Å². The molecule has 0 unspecified atom stereocenters. The molecule has 2 fully saturated rings. The number of carbonyl (C=O) groups excluding carboxylic acids is 1. The van der Waals surface area contributed by atoms with Crippen LogP contribution in [-0.4, -0.2) is 71.8 Å². The van der Waals surface area contributed by atoms with Crippen LogP contribution in [0.4, 0.5) is 0 Å². The molecule has 6 nitrogen and oxygen atoms in total. The Morgan fingerprint density at radius 3 is 2.71 bits per heavy atom. The summed E-state index contributed by atoms with van der Waals surface area (Å²) in [5.74, 6) is 0.894. The summed E-state index contributed by atoms with van der Waals surface area (Å²) in [6.07, 6.45) is 6.89. The van der Waals surface area contributed by atoms with Gasteiger partial charge in [-0.1, -0.05) is 0 Å². The van der Waals surface area contributed by atoms with E-state index in [1.54, 1.807) is 0 Å². The van der Waals surface area contributed by atoms with E-state index in [4.69, 9.17) is 4.74 Å². The monoisotopic (exact) mass is 292 g/mol. The average molecular weight is 292 g/mol. The molecule has 0 bridgehead atoms. The van der Waals surface area contributed by atoms with Gasteiger partial charge in [0.2, 0.25) is 5.91 Å². The first kappa shape index (κ1) is 14.5. The summed E-state index contributed by atoms with van der Waals surface area (Å²) in [7, 11) is 0. The van der Waals surface area contributed by atoms with Gasteiger partial charge in [0.1, 0.15) is 0 Å². The van der Waals surface area contributed by atoms with Gasteiger partial charge in [-0.05, 0) is 37.4 Å². The van der Waals surface area contributed by atoms with Crippen LogP contribution in [0.3, 0.4) is 0 Å². The van der Waals surface area contributed by atoms with Crippen molar-refractivity contribution in [1.29, 1.82) is 0 Å². The van der Waals surface area contributed by atoms with E-state index in [2.05, 4.69) is 15.1 Å². The van der Waals surface area contributed by atoms with Crippen molar-refractivity contribution in [3.05, 3.63) is 18.0 Å². The fourth-order valence-electron chi connectivity index (χ4n) is 3.20. The Hall–Kier alpha value is -1.40. The van der Waals surface area contributed by atoms with Crippen LogP contribution in [-0.2, 0) is 9.53 Å². The van der Waals surface area contributed by atoms with Crippen molar-refractivity contribution >= 4 is 5.91 Å². The average Bonchev–Trinajstić information content (AvgIpc) is 3.08. The van der Waals surface area contributed by atoms with Gasteiger partial charge < -0.3 is 14.5 Å². The van der Waals surface area contributed by atoms with Crippen molar-refractivity contribution in [2.24, 2.45) is 0 Å². The maximum Gasteiger partial charge on any atom is 0.224 e. The molecular weight excluding hydrogens is 268 g/mol. The first-order valence-electron chi connectivity index (χ1n) is 7.89. The summed E-state index contributed by atoms with van der Waals surface area (Å²) in [5, 5.41) is 6.92. The fraction of sp³-hybridized carbons (Fsp3) is 0.733. The standard InChI is InChI=1S/C15H24N4O2/c20-15(19-7-9-21-10-8-19)3-6-18-4-1-13(2-5-18)14-11-16-17-12-14/h11-13H,1-10H2,(H,16,17). The minimum absolute atomic E-state index is 0.273. The normalized spacial score (nSPS) is 21.6. The number of H-pyrrole nitrogens is 1. The molecule has 2 saturated heterocycles. The van der Waals surface area contributed by atoms with Gasteiger partial charge in [0, 0.05) is 32.3 Å². The number of hydrogen-bond donors (Lipinski definition) is 1. The van der Waals surface area contributed by atoms with Crippen LogP contribution in [0, 0.1) is 0 Å². The Morgan fingerprint density at radius 2 is 2.05 bits per heavy atom. The molecule has 0 spiro atoms. The first-order chi connectivity index (χ1) is 10.3. The summed E-state index contributed by atoms with van der Waals surface area (Å²) in [4.78, 5) is 16.5. The summed E-state index contributed by atoms with van der Waals surface area (Å²) >= 11 is 0. The molecule has 2 aliphatic heterocycles. The highest BCUT2D eigenvalue weighted by atomic mass is 16.5. The van der Waals surface area contributed by atoms with Crippen molar-refractivity contribution in [1.82, 2.24) is 20.0 Å². The quantitative estimate of drug-likeness (QED) is 0.893. The second-order valence-corrected chi connectivity index (χ2v) is 5.89. The fourth-order valence-corrected chi connectivity index (χ4v) is 3.20. The van der Waals surface area contributed by atoms with Crippen molar-refractivity contribution in [3.63, 3.8) is 0 Å². The zero-order valence-electron chi connectivity index (χ0n) is 12.5. The van der Waals surface area contributed by atoms with Crippen molar-refractivity contribution < 1.29 is 9.53 Å². The molecule has 0 aromatic carbocycles. The number of aromatic nitrogens is 2. The van der Waals surface area contributed by atoms with Gasteiger partial charge >= 0.3 is 0 Å². The van der Waals surface area contributed by atoms with Crippen molar-refractivity contribution in [2.75, 3.05) is 45.9 Å². The van der Waals surface area contributed by atoms with Crippen LogP contribution in [0.2, 0.25) is 0 Å². The number of amides is 1. The maximum absolute atomic E-state index is 12.1. The lowest BCUT2D eigenvalue weighted by molar-refractivity contribution is -0.135. The summed E-state index contributed by atoms with van der Waals surface area (Å²) < 4.78 is 5.28. The third kappa shape index (κ3) is 3.83. The molecule has 0 aliphatic carbocycles. The first-order valence-corrected chi connectivity index (χ1v) is 7.89. The summed E-state index contributed by atoms with van der Waals surface area (Å²) in [6.45, 7) is 5.90. The number of morpholine rings is 1. The molecule has 3 rings (SSSR count). The highest BCUT2D eigenvalue weighted by Crippen LogP contribution is 2.27. The molecule has 2 aliphatic rings. The SMILES string of the molecule is O=C(CCN1CCC(c2cn[nH]c2)CC1)N1CCOCC1. The number of ether oxygens (including phenoxy) is 1. The van der Waals surface area contributed by atoms with E-state index >= 15 is 0 Å². The third-order valence-electron chi connectivity index (χ3n) is 4.58. The lowest BCUT2D eigenvalue weighted by atomic mass is 9.91. The molecule has 1 N–H and O–H groups in total. The predicted octanol–water partition coefficient (Wildman–Crippen LogP) is 0.838. The van der Waals surface area contributed by atoms with Gasteiger partial charge in [0.15, 0.2) is 0 Å². The Bertz CT molecular complexity index is 435. The number of carbonyl (C=O) groups is 1. The van der Waals surface area contributed by atoms with E-state index in [1.807, 2.05) is 17.3 Å². The molecule has 1 aromatic rings. The topological polar surface area (TPSA) is 61.5 Å². The minimum Gasteiger partial charge on any atom is -0.378 e. The Labute approximate surface area is 125 Å². The molecule has 0 atom stereocenters. The predicted molar refractivity (Wildman–Crippen MR) is 79.0 cm³/mol. The maximum atomic E-state index is 12.1. The molecule has 0 radical (unpaired) electrons. The van der Waals surface area contributed by atoms with E-state index in [1.165, 1.54) is 5.56 Å². The molecule has 1 amide bonds. The van der Waals surface area contributed by atoms with Crippen LogP contribution in [0.15, 0.2) is 12.4 Å². The van der Waals surface area contributed by atoms with Gasteiger partial charge in [-0.25, -0.2) is 0 Å². The van der Waals surface area contributed by atoms with Crippen molar-refractivity contribution in [3.8, 4) is 0 Å². The van der Waals surface area contributed by atoms with E-state index in [-0.39, 0.29) is 5.91 Å². The number of hydrogen-bond acceptors (Lipinski definition) is 4. The second kappa shape index (κ2) is 7.04. The van der Waals surface area contributed by atoms with Gasteiger partial charge in [0.25, 0.3) is 0 Å². The zero-order valence-corrected chi connectivity index (χ0v) is 12.5. The Morgan fingerprint density at radius 1 is 1.29 bits per heavy atom. The van der Waals surface area contributed by atoms with Gasteiger partial charge in [0.05, 0.1) is 19.4 Å². The number of nitrogens with one attached hydrogen (secondary N) is 1. The number of piperidine rings is 1. The number of aromatic amines is 1. The molecule has 6 heteroatoms. The molecule has 21 heavy (non-hydrogen) atoms. The molecular formula is C15H24N4O2. The number of likely N-dealkylation sites (tertiary alicyclic amines) is 1. The highest BCUT2D eigenvalue weighted by Gasteiger charge is 2.22. The molecule has 3 heterocycles. The lowest BCUT2D eigenvalue weighted by Gasteiger charge is -2.32. The summed E-state index contributed by atoms with van der Waals surface area (Å²) in [6, 6.07) is 0. The Balaban J connectivity index is 1.38. The van der Waals surface area contributed by atoms with Gasteiger partial charge in [-0.15, -0.1) is 0 Å². The largest absolute Gasteiger partial charge is 0.378 e. The molecule has 116 valence electrons. The minimum atomic E-state index is 0.273. The second-order valence-electron chi connectivity index (χ2n) is 5.89. The Kier molecular flexibility index (Phi) is 4.87. The van der Waals surface area contributed by atoms with Crippen LogP contribution >= 0.6 is 0 Å². The smallest absolute Gasteiger partial charge is 0.224 e. The highest BCUT2D eigenvalue weighted by molar-refractivity contribution is 5.76. The lowest BCUT2D eigenvalue weighted by Crippen LogP contribution is -2.42.